The van der Waals surface area contributed by atoms with Crippen molar-refractivity contribution in [3.8, 4) is 11.3 Å². The highest BCUT2D eigenvalue weighted by Crippen LogP contribution is 2.24. The summed E-state index contributed by atoms with van der Waals surface area (Å²) in [6.07, 6.45) is 5.07. The maximum atomic E-state index is 12.6. The molecule has 0 unspecified atom stereocenters. The van der Waals surface area contributed by atoms with E-state index in [2.05, 4.69) is 43.1 Å². The number of likely N-dealkylation sites (tertiary alicyclic amines) is 1. The number of piperidine rings is 1. The summed E-state index contributed by atoms with van der Waals surface area (Å²) >= 11 is 0. The zero-order chi connectivity index (χ0) is 20.3. The van der Waals surface area contributed by atoms with Gasteiger partial charge in [-0.1, -0.05) is 30.3 Å². The Bertz CT molecular complexity index is 1000. The van der Waals surface area contributed by atoms with Crippen molar-refractivity contribution in [1.82, 2.24) is 29.4 Å². The first-order valence-electron chi connectivity index (χ1n) is 10.8. The van der Waals surface area contributed by atoms with Crippen molar-refractivity contribution in [2.75, 3.05) is 50.7 Å². The monoisotopic (exact) mass is 405 g/mol. The number of benzene rings is 1. The number of aromatic nitrogens is 4. The maximum Gasteiger partial charge on any atom is 0.254 e. The van der Waals surface area contributed by atoms with Gasteiger partial charge in [0.15, 0.2) is 0 Å². The van der Waals surface area contributed by atoms with Gasteiger partial charge in [0, 0.05) is 50.9 Å². The van der Waals surface area contributed by atoms with E-state index >= 15 is 0 Å². The fraction of sp³-hybridized carbons (Fsp3) is 0.455. The summed E-state index contributed by atoms with van der Waals surface area (Å²) in [5.74, 6) is 1.88. The highest BCUT2D eigenvalue weighted by molar-refractivity contribution is 5.78. The SMILES string of the molecule is O=C(CN1CCN(c2cc(-c3ccccc3)nc3ncnn23)CC1)N1CCCCC1. The summed E-state index contributed by atoms with van der Waals surface area (Å²) < 4.78 is 1.81. The molecule has 2 saturated heterocycles. The zero-order valence-electron chi connectivity index (χ0n) is 17.2. The number of fused-ring (bicyclic) bond motifs is 1. The number of amides is 1. The number of hydrogen-bond donors (Lipinski definition) is 0. The van der Waals surface area contributed by atoms with Crippen LogP contribution in [-0.2, 0) is 4.79 Å². The molecule has 5 rings (SSSR count). The van der Waals surface area contributed by atoms with Gasteiger partial charge in [-0.2, -0.15) is 14.6 Å². The van der Waals surface area contributed by atoms with Crippen LogP contribution in [0.2, 0.25) is 0 Å². The van der Waals surface area contributed by atoms with Crippen LogP contribution in [0, 0.1) is 0 Å². The number of carbonyl (C=O) groups excluding carboxylic acids is 1. The average molecular weight is 406 g/mol. The molecule has 0 atom stereocenters. The van der Waals surface area contributed by atoms with Gasteiger partial charge < -0.3 is 9.80 Å². The molecule has 156 valence electrons. The van der Waals surface area contributed by atoms with Gasteiger partial charge in [0.2, 0.25) is 5.91 Å². The Hall–Kier alpha value is -3.00. The Morgan fingerprint density at radius 2 is 1.70 bits per heavy atom. The fourth-order valence-electron chi connectivity index (χ4n) is 4.35. The lowest BCUT2D eigenvalue weighted by Gasteiger charge is -2.37. The quantitative estimate of drug-likeness (QED) is 0.661. The molecule has 30 heavy (non-hydrogen) atoms. The number of piperazine rings is 1. The van der Waals surface area contributed by atoms with Gasteiger partial charge in [0.05, 0.1) is 12.2 Å². The van der Waals surface area contributed by atoms with E-state index in [9.17, 15) is 4.79 Å². The van der Waals surface area contributed by atoms with Gasteiger partial charge in [-0.25, -0.2) is 4.98 Å². The number of rotatable bonds is 4. The van der Waals surface area contributed by atoms with Gasteiger partial charge in [-0.3, -0.25) is 9.69 Å². The highest BCUT2D eigenvalue weighted by atomic mass is 16.2. The van der Waals surface area contributed by atoms with E-state index in [1.165, 1.54) is 6.42 Å². The summed E-state index contributed by atoms with van der Waals surface area (Å²) in [5, 5.41) is 4.38. The van der Waals surface area contributed by atoms with Gasteiger partial charge in [-0.15, -0.1) is 0 Å². The number of carbonyl (C=O) groups is 1. The molecule has 0 N–H and O–H groups in total. The maximum absolute atomic E-state index is 12.6. The minimum atomic E-state index is 0.275. The van der Waals surface area contributed by atoms with Crippen molar-refractivity contribution in [1.29, 1.82) is 0 Å². The topological polar surface area (TPSA) is 69.9 Å². The summed E-state index contributed by atoms with van der Waals surface area (Å²) in [4.78, 5) is 28.2. The third-order valence-corrected chi connectivity index (χ3v) is 6.07. The van der Waals surface area contributed by atoms with Gasteiger partial charge in [-0.05, 0) is 19.3 Å². The summed E-state index contributed by atoms with van der Waals surface area (Å²) in [5.41, 5.74) is 1.96. The van der Waals surface area contributed by atoms with Gasteiger partial charge in [0.25, 0.3) is 5.78 Å². The molecule has 0 spiro atoms. The predicted molar refractivity (Wildman–Crippen MR) is 115 cm³/mol. The van der Waals surface area contributed by atoms with Crippen molar-refractivity contribution in [3.63, 3.8) is 0 Å². The molecule has 2 fully saturated rings. The normalized spacial score (nSPS) is 18.1. The molecular weight excluding hydrogens is 378 g/mol. The second-order valence-corrected chi connectivity index (χ2v) is 8.04. The second kappa shape index (κ2) is 8.39. The Morgan fingerprint density at radius 1 is 0.933 bits per heavy atom. The van der Waals surface area contributed by atoms with Gasteiger partial charge >= 0.3 is 0 Å². The van der Waals surface area contributed by atoms with Crippen LogP contribution in [0.3, 0.4) is 0 Å². The molecule has 1 amide bonds. The third kappa shape index (κ3) is 3.87. The van der Waals surface area contributed by atoms with Crippen LogP contribution in [0.4, 0.5) is 5.82 Å². The van der Waals surface area contributed by atoms with E-state index in [4.69, 9.17) is 0 Å². The van der Waals surface area contributed by atoms with E-state index in [1.54, 1.807) is 10.8 Å². The lowest BCUT2D eigenvalue weighted by atomic mass is 10.1. The van der Waals surface area contributed by atoms with Crippen LogP contribution in [0.25, 0.3) is 17.0 Å². The molecule has 1 aromatic carbocycles. The van der Waals surface area contributed by atoms with Crippen LogP contribution in [0.1, 0.15) is 19.3 Å². The average Bonchev–Trinajstić information content (AvgIpc) is 3.29. The molecule has 8 nitrogen and oxygen atoms in total. The van der Waals surface area contributed by atoms with Crippen molar-refractivity contribution >= 4 is 17.5 Å². The molecule has 0 bridgehead atoms. The molecule has 0 aliphatic carbocycles. The minimum Gasteiger partial charge on any atom is -0.354 e. The first-order chi connectivity index (χ1) is 14.8. The summed E-state index contributed by atoms with van der Waals surface area (Å²) in [6, 6.07) is 12.2. The molecule has 8 heteroatoms. The summed E-state index contributed by atoms with van der Waals surface area (Å²) in [6.45, 7) is 5.78. The van der Waals surface area contributed by atoms with E-state index in [0.717, 1.165) is 69.2 Å². The van der Waals surface area contributed by atoms with E-state index in [-0.39, 0.29) is 5.91 Å². The van der Waals surface area contributed by atoms with Gasteiger partial charge in [0.1, 0.15) is 12.1 Å². The Balaban J connectivity index is 1.30. The molecule has 0 saturated carbocycles. The van der Waals surface area contributed by atoms with E-state index in [0.29, 0.717) is 12.3 Å². The second-order valence-electron chi connectivity index (χ2n) is 8.04. The first-order valence-corrected chi connectivity index (χ1v) is 10.8. The smallest absolute Gasteiger partial charge is 0.254 e. The van der Waals surface area contributed by atoms with Crippen LogP contribution < -0.4 is 4.90 Å². The zero-order valence-corrected chi connectivity index (χ0v) is 17.2. The molecule has 2 aliphatic heterocycles. The summed E-state index contributed by atoms with van der Waals surface area (Å²) in [7, 11) is 0. The lowest BCUT2D eigenvalue weighted by Crippen LogP contribution is -2.51. The van der Waals surface area contributed by atoms with Crippen molar-refractivity contribution in [2.45, 2.75) is 19.3 Å². The molecule has 2 aliphatic rings. The Kier molecular flexibility index (Phi) is 5.31. The molecule has 2 aromatic heterocycles. The number of nitrogens with zero attached hydrogens (tertiary/aromatic N) is 7. The first kappa shape index (κ1) is 19.0. The van der Waals surface area contributed by atoms with Crippen LogP contribution in [0.15, 0.2) is 42.7 Å². The van der Waals surface area contributed by atoms with Crippen molar-refractivity contribution in [2.24, 2.45) is 0 Å². The standard InChI is InChI=1S/C22H27N7O/c30-21(28-9-5-2-6-10-28)16-26-11-13-27(14-12-26)20-15-19(18-7-3-1-4-8-18)25-22-23-17-24-29(20)22/h1,3-4,7-8,15,17H,2,5-6,9-14,16H2. The number of anilines is 1. The van der Waals surface area contributed by atoms with Crippen molar-refractivity contribution < 1.29 is 4.79 Å². The van der Waals surface area contributed by atoms with Crippen LogP contribution in [-0.4, -0.2) is 81.1 Å². The Morgan fingerprint density at radius 3 is 2.47 bits per heavy atom. The molecule has 4 heterocycles. The Labute approximate surface area is 176 Å². The lowest BCUT2D eigenvalue weighted by molar-refractivity contribution is -0.133. The van der Waals surface area contributed by atoms with E-state index in [1.807, 2.05) is 23.1 Å². The highest BCUT2D eigenvalue weighted by Gasteiger charge is 2.24. The van der Waals surface area contributed by atoms with Crippen molar-refractivity contribution in [3.05, 3.63) is 42.7 Å². The predicted octanol–water partition coefficient (Wildman–Crippen LogP) is 1.93. The largest absolute Gasteiger partial charge is 0.354 e. The minimum absolute atomic E-state index is 0.275. The van der Waals surface area contributed by atoms with Crippen LogP contribution >= 0.6 is 0 Å². The molecular formula is C22H27N7O. The third-order valence-electron chi connectivity index (χ3n) is 6.07. The van der Waals surface area contributed by atoms with E-state index < -0.39 is 0 Å². The molecule has 0 radical (unpaired) electrons. The van der Waals surface area contributed by atoms with Crippen LogP contribution in [0.5, 0.6) is 0 Å². The fourth-order valence-corrected chi connectivity index (χ4v) is 4.35. The molecule has 3 aromatic rings. The number of hydrogen-bond acceptors (Lipinski definition) is 6.